The van der Waals surface area contributed by atoms with E-state index in [1.165, 1.54) is 57.4 Å². The summed E-state index contributed by atoms with van der Waals surface area (Å²) in [5.74, 6) is 0.985. The molecule has 1 aromatic rings. The molecule has 3 heterocycles. The fraction of sp³-hybridized carbons (Fsp3) is 0.800. The average molecular weight is 263 g/mol. The van der Waals surface area contributed by atoms with Crippen LogP contribution in [0, 0.1) is 19.3 Å². The molecular formula is C15H25N3O. The first-order valence-corrected chi connectivity index (χ1v) is 7.53. The monoisotopic (exact) mass is 263 g/mol. The van der Waals surface area contributed by atoms with Gasteiger partial charge in [0.2, 0.25) is 0 Å². The number of hydrogen-bond acceptors (Lipinski definition) is 4. The van der Waals surface area contributed by atoms with Gasteiger partial charge in [-0.3, -0.25) is 4.90 Å². The molecule has 1 spiro atoms. The second-order valence-corrected chi connectivity index (χ2v) is 6.40. The minimum atomic E-state index is 0.523. The van der Waals surface area contributed by atoms with Crippen molar-refractivity contribution >= 4 is 0 Å². The van der Waals surface area contributed by atoms with Crippen LogP contribution in [-0.2, 0) is 6.54 Å². The summed E-state index contributed by atoms with van der Waals surface area (Å²) in [5.41, 5.74) is 2.87. The van der Waals surface area contributed by atoms with Gasteiger partial charge in [0.1, 0.15) is 5.76 Å². The third-order valence-electron chi connectivity index (χ3n) is 4.86. The lowest BCUT2D eigenvalue weighted by Crippen LogP contribution is -2.50. The van der Waals surface area contributed by atoms with Gasteiger partial charge in [0.25, 0.3) is 0 Å². The van der Waals surface area contributed by atoms with E-state index in [4.69, 9.17) is 4.52 Å². The van der Waals surface area contributed by atoms with Crippen LogP contribution < -0.4 is 5.32 Å². The van der Waals surface area contributed by atoms with Crippen molar-refractivity contribution in [1.82, 2.24) is 15.4 Å². The number of piperidine rings is 2. The average Bonchev–Trinajstić information content (AvgIpc) is 2.72. The van der Waals surface area contributed by atoms with Crippen LogP contribution in [0.1, 0.15) is 42.7 Å². The molecule has 0 radical (unpaired) electrons. The zero-order chi connectivity index (χ0) is 13.3. The van der Waals surface area contributed by atoms with E-state index in [1.54, 1.807) is 0 Å². The normalized spacial score (nSPS) is 28.9. The second-order valence-electron chi connectivity index (χ2n) is 6.40. The minimum Gasteiger partial charge on any atom is -0.361 e. The van der Waals surface area contributed by atoms with E-state index in [-0.39, 0.29) is 0 Å². The van der Waals surface area contributed by atoms with E-state index in [9.17, 15) is 0 Å². The maximum Gasteiger partial charge on any atom is 0.138 e. The van der Waals surface area contributed by atoms with Gasteiger partial charge in [-0.05, 0) is 58.0 Å². The molecule has 1 N–H and O–H groups in total. The third kappa shape index (κ3) is 2.70. The number of rotatable bonds is 2. The Hall–Kier alpha value is -0.870. The van der Waals surface area contributed by atoms with E-state index < -0.39 is 0 Å². The van der Waals surface area contributed by atoms with Crippen molar-refractivity contribution in [2.45, 2.75) is 46.1 Å². The van der Waals surface area contributed by atoms with E-state index in [1.807, 2.05) is 13.8 Å². The van der Waals surface area contributed by atoms with Gasteiger partial charge in [0, 0.05) is 25.2 Å². The van der Waals surface area contributed by atoms with Crippen LogP contribution in [0.2, 0.25) is 0 Å². The number of likely N-dealkylation sites (tertiary alicyclic amines) is 1. The number of aromatic nitrogens is 1. The highest BCUT2D eigenvalue weighted by Crippen LogP contribution is 2.36. The molecule has 2 fully saturated rings. The zero-order valence-corrected chi connectivity index (χ0v) is 12.2. The van der Waals surface area contributed by atoms with Crippen LogP contribution in [0.5, 0.6) is 0 Å². The largest absolute Gasteiger partial charge is 0.361 e. The Morgan fingerprint density at radius 3 is 2.84 bits per heavy atom. The molecule has 1 aromatic heterocycles. The van der Waals surface area contributed by atoms with Crippen molar-refractivity contribution in [3.63, 3.8) is 0 Å². The molecule has 3 rings (SSSR count). The fourth-order valence-electron chi connectivity index (χ4n) is 3.77. The van der Waals surface area contributed by atoms with Crippen molar-refractivity contribution in [2.75, 3.05) is 26.2 Å². The SMILES string of the molecule is Cc1noc(C)c1CN1CCCC2(CCCNC2)C1. The standard InChI is InChI=1S/C15H25N3O/c1-12-14(13(2)19-17-12)9-18-8-4-6-15(11-18)5-3-7-16-10-15/h16H,3-11H2,1-2H3. The number of nitrogens with one attached hydrogen (secondary N) is 1. The molecular weight excluding hydrogens is 238 g/mol. The molecule has 2 aliphatic heterocycles. The lowest BCUT2D eigenvalue weighted by molar-refractivity contribution is 0.0597. The number of nitrogens with zero attached hydrogens (tertiary/aromatic N) is 2. The molecule has 0 amide bonds. The van der Waals surface area contributed by atoms with Gasteiger partial charge in [0.05, 0.1) is 5.69 Å². The molecule has 1 atom stereocenters. The molecule has 4 heteroatoms. The summed E-state index contributed by atoms with van der Waals surface area (Å²) >= 11 is 0. The summed E-state index contributed by atoms with van der Waals surface area (Å²) in [6, 6.07) is 0. The van der Waals surface area contributed by atoms with Gasteiger partial charge in [-0.1, -0.05) is 5.16 Å². The van der Waals surface area contributed by atoms with Gasteiger partial charge >= 0.3 is 0 Å². The summed E-state index contributed by atoms with van der Waals surface area (Å²) in [5, 5.41) is 7.66. The maximum absolute atomic E-state index is 5.28. The Bertz CT molecular complexity index is 410. The highest BCUT2D eigenvalue weighted by Gasteiger charge is 2.36. The molecule has 2 saturated heterocycles. The summed E-state index contributed by atoms with van der Waals surface area (Å²) in [6.07, 6.45) is 5.43. The van der Waals surface area contributed by atoms with Crippen LogP contribution in [0.3, 0.4) is 0 Å². The molecule has 19 heavy (non-hydrogen) atoms. The van der Waals surface area contributed by atoms with Gasteiger partial charge in [-0.15, -0.1) is 0 Å². The smallest absolute Gasteiger partial charge is 0.138 e. The zero-order valence-electron chi connectivity index (χ0n) is 12.2. The summed E-state index contributed by atoms with van der Waals surface area (Å²) in [6.45, 7) is 9.92. The van der Waals surface area contributed by atoms with Crippen LogP contribution >= 0.6 is 0 Å². The lowest BCUT2D eigenvalue weighted by Gasteiger charge is -2.45. The molecule has 106 valence electrons. The second kappa shape index (κ2) is 5.25. The Labute approximate surface area is 115 Å². The van der Waals surface area contributed by atoms with Crippen molar-refractivity contribution in [2.24, 2.45) is 5.41 Å². The van der Waals surface area contributed by atoms with Gasteiger partial charge in [-0.2, -0.15) is 0 Å². The van der Waals surface area contributed by atoms with Crippen molar-refractivity contribution < 1.29 is 4.52 Å². The Morgan fingerprint density at radius 1 is 1.32 bits per heavy atom. The molecule has 2 aliphatic rings. The van der Waals surface area contributed by atoms with Gasteiger partial charge in [-0.25, -0.2) is 0 Å². The molecule has 0 bridgehead atoms. The maximum atomic E-state index is 5.28. The van der Waals surface area contributed by atoms with E-state index in [0.717, 1.165) is 18.0 Å². The Balaban J connectivity index is 1.68. The summed E-state index contributed by atoms with van der Waals surface area (Å²) < 4.78 is 5.28. The van der Waals surface area contributed by atoms with Crippen molar-refractivity contribution in [1.29, 1.82) is 0 Å². The molecule has 0 aliphatic carbocycles. The third-order valence-corrected chi connectivity index (χ3v) is 4.86. The van der Waals surface area contributed by atoms with Gasteiger partial charge < -0.3 is 9.84 Å². The first-order chi connectivity index (χ1) is 9.19. The number of hydrogen-bond donors (Lipinski definition) is 1. The minimum absolute atomic E-state index is 0.523. The van der Waals surface area contributed by atoms with Crippen LogP contribution in [0.15, 0.2) is 4.52 Å². The Morgan fingerprint density at radius 2 is 2.16 bits per heavy atom. The van der Waals surface area contributed by atoms with Crippen LogP contribution in [0.4, 0.5) is 0 Å². The predicted molar refractivity (Wildman–Crippen MR) is 75.0 cm³/mol. The highest BCUT2D eigenvalue weighted by atomic mass is 16.5. The van der Waals surface area contributed by atoms with Crippen molar-refractivity contribution in [3.8, 4) is 0 Å². The van der Waals surface area contributed by atoms with Gasteiger partial charge in [0.15, 0.2) is 0 Å². The lowest BCUT2D eigenvalue weighted by atomic mass is 9.74. The van der Waals surface area contributed by atoms with Crippen molar-refractivity contribution in [3.05, 3.63) is 17.0 Å². The Kier molecular flexibility index (Phi) is 3.63. The quantitative estimate of drug-likeness (QED) is 0.888. The summed E-state index contributed by atoms with van der Waals surface area (Å²) in [4.78, 5) is 2.60. The number of aryl methyl sites for hydroxylation is 2. The fourth-order valence-corrected chi connectivity index (χ4v) is 3.77. The molecule has 1 unspecified atom stereocenters. The van der Waals surface area contributed by atoms with E-state index in [0.29, 0.717) is 5.41 Å². The first kappa shape index (κ1) is 13.1. The topological polar surface area (TPSA) is 41.3 Å². The predicted octanol–water partition coefficient (Wildman–Crippen LogP) is 2.26. The van der Waals surface area contributed by atoms with Crippen LogP contribution in [0.25, 0.3) is 0 Å². The molecule has 0 aromatic carbocycles. The van der Waals surface area contributed by atoms with Crippen LogP contribution in [-0.4, -0.2) is 36.2 Å². The molecule has 0 saturated carbocycles. The van der Waals surface area contributed by atoms with E-state index in [2.05, 4.69) is 15.4 Å². The summed E-state index contributed by atoms with van der Waals surface area (Å²) in [7, 11) is 0. The first-order valence-electron chi connectivity index (χ1n) is 7.53. The molecule has 4 nitrogen and oxygen atoms in total. The highest BCUT2D eigenvalue weighted by molar-refractivity contribution is 5.20. The van der Waals surface area contributed by atoms with E-state index >= 15 is 0 Å².